The van der Waals surface area contributed by atoms with Crippen molar-refractivity contribution in [3.05, 3.63) is 29.8 Å². The van der Waals surface area contributed by atoms with Gasteiger partial charge in [-0.1, -0.05) is 39.0 Å². The molecule has 0 aliphatic heterocycles. The molecule has 0 heterocycles. The van der Waals surface area contributed by atoms with Gasteiger partial charge in [0, 0.05) is 17.3 Å². The van der Waals surface area contributed by atoms with Crippen LogP contribution in [0.1, 0.15) is 52.2 Å². The lowest BCUT2D eigenvalue weighted by molar-refractivity contribution is 0.200. The molecule has 1 saturated carbocycles. The molecular formula is C16H25NO. The molecule has 0 spiro atoms. The van der Waals surface area contributed by atoms with Crippen molar-refractivity contribution in [2.24, 2.45) is 11.3 Å². The largest absolute Gasteiger partial charge is 0.389 e. The van der Waals surface area contributed by atoms with Crippen LogP contribution in [-0.4, -0.2) is 11.1 Å². The Hall–Kier alpha value is -1.02. The molecule has 3 unspecified atom stereocenters. The monoisotopic (exact) mass is 247 g/mol. The summed E-state index contributed by atoms with van der Waals surface area (Å²) in [6.45, 7) is 8.82. The minimum Gasteiger partial charge on any atom is -0.389 e. The van der Waals surface area contributed by atoms with Gasteiger partial charge in [-0.05, 0) is 37.2 Å². The summed E-state index contributed by atoms with van der Waals surface area (Å²) >= 11 is 0. The highest BCUT2D eigenvalue weighted by Gasteiger charge is 2.36. The van der Waals surface area contributed by atoms with Crippen molar-refractivity contribution in [3.63, 3.8) is 0 Å². The third-order valence-corrected chi connectivity index (χ3v) is 4.09. The number of aliphatic hydroxyl groups is 1. The summed E-state index contributed by atoms with van der Waals surface area (Å²) in [6.07, 6.45) is 2.04. The number of benzene rings is 1. The Morgan fingerprint density at radius 1 is 1.28 bits per heavy atom. The first-order valence-corrected chi connectivity index (χ1v) is 6.92. The number of anilines is 1. The predicted molar refractivity (Wildman–Crippen MR) is 76.7 cm³/mol. The van der Waals surface area contributed by atoms with Crippen molar-refractivity contribution in [3.8, 4) is 0 Å². The molecule has 1 aliphatic carbocycles. The summed E-state index contributed by atoms with van der Waals surface area (Å²) in [6, 6.07) is 8.59. The number of rotatable bonds is 3. The lowest BCUT2D eigenvalue weighted by Gasteiger charge is -2.22. The Bertz CT molecular complexity index is 411. The Labute approximate surface area is 110 Å². The van der Waals surface area contributed by atoms with Gasteiger partial charge in [0.25, 0.3) is 0 Å². The fourth-order valence-corrected chi connectivity index (χ4v) is 3.28. The fourth-order valence-electron chi connectivity index (χ4n) is 3.28. The minimum absolute atomic E-state index is 0.418. The normalized spacial score (nSPS) is 28.1. The van der Waals surface area contributed by atoms with Gasteiger partial charge in [-0.2, -0.15) is 0 Å². The molecule has 18 heavy (non-hydrogen) atoms. The van der Waals surface area contributed by atoms with Crippen LogP contribution >= 0.6 is 0 Å². The van der Waals surface area contributed by atoms with Crippen LogP contribution < -0.4 is 5.32 Å². The maximum atomic E-state index is 9.81. The van der Waals surface area contributed by atoms with Gasteiger partial charge in [-0.25, -0.2) is 0 Å². The minimum atomic E-state index is -0.418. The van der Waals surface area contributed by atoms with E-state index in [0.29, 0.717) is 17.4 Å². The van der Waals surface area contributed by atoms with Crippen LogP contribution in [0.3, 0.4) is 0 Å². The van der Waals surface area contributed by atoms with Gasteiger partial charge in [0.1, 0.15) is 0 Å². The van der Waals surface area contributed by atoms with Gasteiger partial charge in [0.2, 0.25) is 0 Å². The van der Waals surface area contributed by atoms with Crippen LogP contribution in [0, 0.1) is 11.3 Å². The van der Waals surface area contributed by atoms with E-state index >= 15 is 0 Å². The topological polar surface area (TPSA) is 32.3 Å². The molecule has 2 N–H and O–H groups in total. The summed E-state index contributed by atoms with van der Waals surface area (Å²) in [5.74, 6) is 0.682. The van der Waals surface area contributed by atoms with E-state index in [2.05, 4.69) is 32.2 Å². The first-order valence-electron chi connectivity index (χ1n) is 6.92. The highest BCUT2D eigenvalue weighted by molar-refractivity contribution is 5.53. The van der Waals surface area contributed by atoms with Crippen molar-refractivity contribution in [2.75, 3.05) is 5.32 Å². The lowest BCUT2D eigenvalue weighted by atomic mass is 9.91. The average Bonchev–Trinajstić information content (AvgIpc) is 2.52. The van der Waals surface area contributed by atoms with Crippen molar-refractivity contribution < 1.29 is 5.11 Å². The predicted octanol–water partition coefficient (Wildman–Crippen LogP) is 3.98. The standard InChI is InChI=1S/C16H25NO/c1-11-9-16(3,4)10-15(11)17-14-8-6-5-7-13(14)12(2)18/h5-8,11-12,15,17-18H,9-10H2,1-4H3. The maximum absolute atomic E-state index is 9.81. The second-order valence-electron chi connectivity index (χ2n) is 6.56. The van der Waals surface area contributed by atoms with E-state index in [0.717, 1.165) is 11.3 Å². The van der Waals surface area contributed by atoms with Crippen LogP contribution in [0.15, 0.2) is 24.3 Å². The number of aliphatic hydroxyl groups excluding tert-OH is 1. The van der Waals surface area contributed by atoms with Crippen molar-refractivity contribution in [1.29, 1.82) is 0 Å². The molecule has 2 nitrogen and oxygen atoms in total. The number of nitrogens with one attached hydrogen (secondary N) is 1. The van der Waals surface area contributed by atoms with Gasteiger partial charge < -0.3 is 10.4 Å². The Morgan fingerprint density at radius 2 is 1.94 bits per heavy atom. The van der Waals surface area contributed by atoms with E-state index in [1.807, 2.05) is 25.1 Å². The second-order valence-corrected chi connectivity index (χ2v) is 6.56. The summed E-state index contributed by atoms with van der Waals surface area (Å²) in [5, 5.41) is 13.4. The van der Waals surface area contributed by atoms with E-state index in [1.165, 1.54) is 12.8 Å². The lowest BCUT2D eigenvalue weighted by Crippen LogP contribution is -2.23. The molecule has 2 heteroatoms. The van der Waals surface area contributed by atoms with Crippen LogP contribution in [0.25, 0.3) is 0 Å². The number of para-hydroxylation sites is 1. The highest BCUT2D eigenvalue weighted by Crippen LogP contribution is 2.42. The molecule has 3 atom stereocenters. The molecule has 0 aromatic heterocycles. The third-order valence-electron chi connectivity index (χ3n) is 4.09. The quantitative estimate of drug-likeness (QED) is 0.847. The van der Waals surface area contributed by atoms with E-state index in [-0.39, 0.29) is 0 Å². The van der Waals surface area contributed by atoms with Crippen LogP contribution in [0.2, 0.25) is 0 Å². The van der Waals surface area contributed by atoms with E-state index < -0.39 is 6.10 Å². The van der Waals surface area contributed by atoms with Crippen molar-refractivity contribution in [1.82, 2.24) is 0 Å². The van der Waals surface area contributed by atoms with E-state index in [1.54, 1.807) is 0 Å². The molecule has 0 saturated heterocycles. The summed E-state index contributed by atoms with van der Waals surface area (Å²) in [5.41, 5.74) is 2.51. The number of hydrogen-bond acceptors (Lipinski definition) is 2. The van der Waals surface area contributed by atoms with Gasteiger partial charge in [-0.3, -0.25) is 0 Å². The molecule has 100 valence electrons. The van der Waals surface area contributed by atoms with Crippen LogP contribution in [-0.2, 0) is 0 Å². The molecule has 1 aliphatic rings. The highest BCUT2D eigenvalue weighted by atomic mass is 16.3. The zero-order valence-corrected chi connectivity index (χ0v) is 11.9. The van der Waals surface area contributed by atoms with Crippen molar-refractivity contribution in [2.45, 2.75) is 52.7 Å². The first kappa shape index (κ1) is 13.4. The smallest absolute Gasteiger partial charge is 0.0781 e. The number of hydrogen-bond donors (Lipinski definition) is 2. The molecule has 2 rings (SSSR count). The van der Waals surface area contributed by atoms with E-state index in [4.69, 9.17) is 0 Å². The van der Waals surface area contributed by atoms with Gasteiger partial charge in [0.15, 0.2) is 0 Å². The van der Waals surface area contributed by atoms with Gasteiger partial charge in [0.05, 0.1) is 6.10 Å². The van der Waals surface area contributed by atoms with Crippen molar-refractivity contribution >= 4 is 5.69 Å². The first-order chi connectivity index (χ1) is 8.39. The second kappa shape index (κ2) is 4.93. The molecule has 1 fully saturated rings. The fraction of sp³-hybridized carbons (Fsp3) is 0.625. The zero-order valence-electron chi connectivity index (χ0n) is 11.9. The van der Waals surface area contributed by atoms with Crippen LogP contribution in [0.5, 0.6) is 0 Å². The zero-order chi connectivity index (χ0) is 13.3. The molecule has 0 amide bonds. The molecule has 1 aromatic carbocycles. The Kier molecular flexibility index (Phi) is 3.67. The maximum Gasteiger partial charge on any atom is 0.0781 e. The average molecular weight is 247 g/mol. The van der Waals surface area contributed by atoms with Crippen LogP contribution in [0.4, 0.5) is 5.69 Å². The molecule has 0 radical (unpaired) electrons. The van der Waals surface area contributed by atoms with Gasteiger partial charge >= 0.3 is 0 Å². The Balaban J connectivity index is 2.15. The summed E-state index contributed by atoms with van der Waals surface area (Å²) in [4.78, 5) is 0. The van der Waals surface area contributed by atoms with Gasteiger partial charge in [-0.15, -0.1) is 0 Å². The summed E-state index contributed by atoms with van der Waals surface area (Å²) in [7, 11) is 0. The summed E-state index contributed by atoms with van der Waals surface area (Å²) < 4.78 is 0. The third kappa shape index (κ3) is 2.86. The Morgan fingerprint density at radius 3 is 2.50 bits per heavy atom. The molecule has 1 aromatic rings. The SMILES string of the molecule is CC(O)c1ccccc1NC1CC(C)(C)CC1C. The molecule has 0 bridgehead atoms. The molecular weight excluding hydrogens is 222 g/mol. The van der Waals surface area contributed by atoms with E-state index in [9.17, 15) is 5.11 Å².